The molecule has 1 atom stereocenters. The molecular weight excluding hydrogens is 370 g/mol. The van der Waals surface area contributed by atoms with E-state index in [1.807, 2.05) is 41.3 Å². The van der Waals surface area contributed by atoms with Crippen molar-refractivity contribution in [2.75, 3.05) is 20.8 Å². The summed E-state index contributed by atoms with van der Waals surface area (Å²) in [7, 11) is 3.27. The van der Waals surface area contributed by atoms with E-state index in [0.29, 0.717) is 17.9 Å². The van der Waals surface area contributed by atoms with Crippen molar-refractivity contribution in [2.24, 2.45) is 0 Å². The van der Waals surface area contributed by atoms with Gasteiger partial charge in [0.25, 0.3) is 5.91 Å². The van der Waals surface area contributed by atoms with E-state index in [4.69, 9.17) is 9.47 Å². The van der Waals surface area contributed by atoms with Gasteiger partial charge in [-0.05, 0) is 54.8 Å². The SMILES string of the molecule is COc1cc2c(cc1OC)C(C)N(C(=O)c1cccc(Br)c1)CC2. The molecule has 1 heterocycles. The minimum Gasteiger partial charge on any atom is -0.493 e. The molecule has 0 N–H and O–H groups in total. The van der Waals surface area contributed by atoms with Crippen LogP contribution in [0.4, 0.5) is 0 Å². The van der Waals surface area contributed by atoms with Gasteiger partial charge in [-0.2, -0.15) is 0 Å². The van der Waals surface area contributed by atoms with Crippen molar-refractivity contribution in [3.05, 3.63) is 57.6 Å². The first-order valence-electron chi connectivity index (χ1n) is 7.86. The first-order valence-corrected chi connectivity index (χ1v) is 8.65. The maximum atomic E-state index is 12.9. The first-order chi connectivity index (χ1) is 11.5. The number of hydrogen-bond donors (Lipinski definition) is 0. The van der Waals surface area contributed by atoms with Gasteiger partial charge in [0.05, 0.1) is 20.3 Å². The number of carbonyl (C=O) groups is 1. The third-order valence-corrected chi connectivity index (χ3v) is 5.01. The summed E-state index contributed by atoms with van der Waals surface area (Å²) in [5.74, 6) is 1.47. The van der Waals surface area contributed by atoms with E-state index in [-0.39, 0.29) is 11.9 Å². The second-order valence-corrected chi connectivity index (χ2v) is 6.76. The summed E-state index contributed by atoms with van der Waals surface area (Å²) in [5.41, 5.74) is 3.01. The molecule has 0 aliphatic carbocycles. The molecule has 4 nitrogen and oxygen atoms in total. The van der Waals surface area contributed by atoms with Crippen molar-refractivity contribution in [1.29, 1.82) is 0 Å². The summed E-state index contributed by atoms with van der Waals surface area (Å²) in [6, 6.07) is 11.5. The lowest BCUT2D eigenvalue weighted by molar-refractivity contribution is 0.0677. The van der Waals surface area contributed by atoms with Crippen LogP contribution in [-0.2, 0) is 6.42 Å². The second-order valence-electron chi connectivity index (χ2n) is 5.84. The van der Waals surface area contributed by atoms with Gasteiger partial charge in [-0.15, -0.1) is 0 Å². The molecule has 1 aliphatic heterocycles. The second kappa shape index (κ2) is 6.85. The van der Waals surface area contributed by atoms with Crippen molar-refractivity contribution in [1.82, 2.24) is 4.90 Å². The number of benzene rings is 2. The molecule has 0 saturated heterocycles. The molecule has 0 radical (unpaired) electrons. The van der Waals surface area contributed by atoms with E-state index in [1.165, 1.54) is 5.56 Å². The number of rotatable bonds is 3. The molecule has 0 fully saturated rings. The Balaban J connectivity index is 1.94. The topological polar surface area (TPSA) is 38.8 Å². The zero-order chi connectivity index (χ0) is 17.3. The largest absolute Gasteiger partial charge is 0.493 e. The lowest BCUT2D eigenvalue weighted by atomic mass is 9.92. The quantitative estimate of drug-likeness (QED) is 0.788. The van der Waals surface area contributed by atoms with Gasteiger partial charge in [0.1, 0.15) is 0 Å². The van der Waals surface area contributed by atoms with Crippen LogP contribution in [0.5, 0.6) is 11.5 Å². The van der Waals surface area contributed by atoms with Gasteiger partial charge in [-0.1, -0.05) is 22.0 Å². The fourth-order valence-electron chi connectivity index (χ4n) is 3.21. The number of nitrogens with zero attached hydrogens (tertiary/aromatic N) is 1. The predicted octanol–water partition coefficient (Wildman–Crippen LogP) is 4.23. The van der Waals surface area contributed by atoms with Crippen LogP contribution in [0, 0.1) is 0 Å². The third-order valence-electron chi connectivity index (χ3n) is 4.52. The Bertz CT molecular complexity index is 775. The minimum atomic E-state index is -0.0139. The number of methoxy groups -OCH3 is 2. The van der Waals surface area contributed by atoms with Crippen LogP contribution in [0.2, 0.25) is 0 Å². The number of fused-ring (bicyclic) bond motifs is 1. The summed E-state index contributed by atoms with van der Waals surface area (Å²) in [5, 5.41) is 0. The molecule has 0 aromatic heterocycles. The Kier molecular flexibility index (Phi) is 4.81. The number of carbonyl (C=O) groups excluding carboxylic acids is 1. The Morgan fingerprint density at radius 1 is 1.17 bits per heavy atom. The number of halogens is 1. The molecular formula is C19H20BrNO3. The van der Waals surface area contributed by atoms with Crippen molar-refractivity contribution >= 4 is 21.8 Å². The van der Waals surface area contributed by atoms with E-state index in [0.717, 1.165) is 22.2 Å². The molecule has 1 amide bonds. The van der Waals surface area contributed by atoms with Crippen LogP contribution in [0.1, 0.15) is 34.5 Å². The Labute approximate surface area is 150 Å². The fourth-order valence-corrected chi connectivity index (χ4v) is 3.61. The van der Waals surface area contributed by atoms with Gasteiger partial charge in [-0.25, -0.2) is 0 Å². The summed E-state index contributed by atoms with van der Waals surface area (Å²) in [6.07, 6.45) is 0.805. The highest BCUT2D eigenvalue weighted by molar-refractivity contribution is 9.10. The normalized spacial score (nSPS) is 16.5. The van der Waals surface area contributed by atoms with Gasteiger partial charge in [-0.3, -0.25) is 4.79 Å². The van der Waals surface area contributed by atoms with Crippen LogP contribution in [0.25, 0.3) is 0 Å². The zero-order valence-corrected chi connectivity index (χ0v) is 15.6. The molecule has 0 spiro atoms. The molecule has 0 bridgehead atoms. The summed E-state index contributed by atoms with van der Waals surface area (Å²) >= 11 is 3.43. The van der Waals surface area contributed by atoms with Crippen LogP contribution in [-0.4, -0.2) is 31.6 Å². The summed E-state index contributed by atoms with van der Waals surface area (Å²) in [6.45, 7) is 2.74. The highest BCUT2D eigenvalue weighted by atomic mass is 79.9. The van der Waals surface area contributed by atoms with Gasteiger partial charge < -0.3 is 14.4 Å². The molecule has 5 heteroatoms. The molecule has 0 saturated carbocycles. The zero-order valence-electron chi connectivity index (χ0n) is 14.0. The maximum Gasteiger partial charge on any atom is 0.254 e. The van der Waals surface area contributed by atoms with E-state index in [9.17, 15) is 4.79 Å². The molecule has 126 valence electrons. The monoisotopic (exact) mass is 389 g/mol. The molecule has 24 heavy (non-hydrogen) atoms. The first kappa shape index (κ1) is 16.8. The predicted molar refractivity (Wildman–Crippen MR) is 96.8 cm³/mol. The van der Waals surface area contributed by atoms with Gasteiger partial charge in [0.2, 0.25) is 0 Å². The molecule has 2 aromatic rings. The fraction of sp³-hybridized carbons (Fsp3) is 0.316. The highest BCUT2D eigenvalue weighted by Crippen LogP contribution is 2.38. The molecule has 2 aromatic carbocycles. The number of amides is 1. The molecule has 1 aliphatic rings. The molecule has 3 rings (SSSR count). The van der Waals surface area contributed by atoms with Crippen LogP contribution >= 0.6 is 15.9 Å². The number of hydrogen-bond acceptors (Lipinski definition) is 3. The van der Waals surface area contributed by atoms with Crippen LogP contribution in [0.15, 0.2) is 40.9 Å². The Morgan fingerprint density at radius 3 is 2.54 bits per heavy atom. The standard InChI is InChI=1S/C19H20BrNO3/c1-12-16-11-18(24-3)17(23-2)10-13(16)7-8-21(12)19(22)14-5-4-6-15(20)9-14/h4-6,9-12H,7-8H2,1-3H3. The van der Waals surface area contributed by atoms with E-state index < -0.39 is 0 Å². The Hall–Kier alpha value is -2.01. The smallest absolute Gasteiger partial charge is 0.254 e. The van der Waals surface area contributed by atoms with Crippen molar-refractivity contribution in [2.45, 2.75) is 19.4 Å². The minimum absolute atomic E-state index is 0.0139. The van der Waals surface area contributed by atoms with Gasteiger partial charge >= 0.3 is 0 Å². The lowest BCUT2D eigenvalue weighted by Gasteiger charge is -2.36. The average molecular weight is 390 g/mol. The van der Waals surface area contributed by atoms with Gasteiger partial charge in [0.15, 0.2) is 11.5 Å². The molecule has 1 unspecified atom stereocenters. The van der Waals surface area contributed by atoms with Crippen LogP contribution < -0.4 is 9.47 Å². The highest BCUT2D eigenvalue weighted by Gasteiger charge is 2.29. The summed E-state index contributed by atoms with van der Waals surface area (Å²) < 4.78 is 11.7. The average Bonchev–Trinajstić information content (AvgIpc) is 2.60. The van der Waals surface area contributed by atoms with Crippen molar-refractivity contribution in [3.8, 4) is 11.5 Å². The van der Waals surface area contributed by atoms with Crippen molar-refractivity contribution in [3.63, 3.8) is 0 Å². The van der Waals surface area contributed by atoms with E-state index >= 15 is 0 Å². The summed E-state index contributed by atoms with van der Waals surface area (Å²) in [4.78, 5) is 14.8. The van der Waals surface area contributed by atoms with E-state index in [2.05, 4.69) is 22.9 Å². The van der Waals surface area contributed by atoms with E-state index in [1.54, 1.807) is 14.2 Å². The maximum absolute atomic E-state index is 12.9. The van der Waals surface area contributed by atoms with Crippen LogP contribution in [0.3, 0.4) is 0 Å². The number of ether oxygens (including phenoxy) is 2. The van der Waals surface area contributed by atoms with Crippen molar-refractivity contribution < 1.29 is 14.3 Å². The lowest BCUT2D eigenvalue weighted by Crippen LogP contribution is -2.38. The Morgan fingerprint density at radius 2 is 1.88 bits per heavy atom. The third kappa shape index (κ3) is 3.00. The van der Waals surface area contributed by atoms with Gasteiger partial charge in [0, 0.05) is 16.6 Å².